The molecule has 0 spiro atoms. The summed E-state index contributed by atoms with van der Waals surface area (Å²) in [6.07, 6.45) is 3.33. The number of fused-ring (bicyclic) bond motifs is 2. The van der Waals surface area contributed by atoms with Gasteiger partial charge in [0.15, 0.2) is 0 Å². The van der Waals surface area contributed by atoms with Gasteiger partial charge < -0.3 is 19.2 Å². The highest BCUT2D eigenvalue weighted by molar-refractivity contribution is 6.09. The summed E-state index contributed by atoms with van der Waals surface area (Å²) >= 11 is 0. The number of aromatic nitrogens is 1. The van der Waals surface area contributed by atoms with E-state index in [4.69, 9.17) is 13.9 Å². The number of ether oxygens (including phenoxy) is 2. The first-order valence-electron chi connectivity index (χ1n) is 12.0. The molecule has 2 aromatic heterocycles. The van der Waals surface area contributed by atoms with Gasteiger partial charge in [-0.25, -0.2) is 0 Å². The van der Waals surface area contributed by atoms with Gasteiger partial charge in [-0.05, 0) is 50.6 Å². The van der Waals surface area contributed by atoms with Crippen LogP contribution < -0.4 is 14.8 Å². The first-order chi connectivity index (χ1) is 17.9. The number of allylic oxidation sites excluding steroid dienone is 1. The number of hydrogen-bond donors (Lipinski definition) is 1. The van der Waals surface area contributed by atoms with Crippen molar-refractivity contribution in [2.75, 3.05) is 19.5 Å². The minimum Gasteiger partial charge on any atom is -0.496 e. The largest absolute Gasteiger partial charge is 0.496 e. The Morgan fingerprint density at radius 1 is 0.946 bits per heavy atom. The molecule has 0 fully saturated rings. The van der Waals surface area contributed by atoms with E-state index in [2.05, 4.69) is 10.3 Å². The second-order valence-corrected chi connectivity index (χ2v) is 8.95. The van der Waals surface area contributed by atoms with Crippen molar-refractivity contribution in [2.24, 2.45) is 0 Å². The second kappa shape index (κ2) is 9.82. The molecule has 5 rings (SSSR count). The van der Waals surface area contributed by atoms with Crippen LogP contribution in [-0.2, 0) is 4.79 Å². The summed E-state index contributed by atoms with van der Waals surface area (Å²) in [4.78, 5) is 17.7. The predicted molar refractivity (Wildman–Crippen MR) is 148 cm³/mol. The van der Waals surface area contributed by atoms with Crippen molar-refractivity contribution in [3.8, 4) is 22.6 Å². The number of pyridine rings is 1. The minimum atomic E-state index is -0.231. The van der Waals surface area contributed by atoms with Crippen molar-refractivity contribution in [3.63, 3.8) is 0 Å². The second-order valence-electron chi connectivity index (χ2n) is 8.95. The van der Waals surface area contributed by atoms with Gasteiger partial charge in [-0.15, -0.1) is 0 Å². The summed E-state index contributed by atoms with van der Waals surface area (Å²) in [6, 6.07) is 19.5. The van der Waals surface area contributed by atoms with Crippen molar-refractivity contribution >= 4 is 39.0 Å². The quantitative estimate of drug-likeness (QED) is 0.251. The number of benzene rings is 3. The molecule has 1 amide bonds. The fourth-order valence-corrected chi connectivity index (χ4v) is 4.80. The van der Waals surface area contributed by atoms with Crippen LogP contribution >= 0.6 is 0 Å². The normalized spacial score (nSPS) is 11.6. The van der Waals surface area contributed by atoms with E-state index in [1.807, 2.05) is 81.4 Å². The number of hydrogen-bond acceptors (Lipinski definition) is 5. The number of nitrogens with zero attached hydrogens (tertiary/aromatic N) is 1. The number of aryl methyl sites for hydroxylation is 2. The molecule has 1 N–H and O–H groups in total. The van der Waals surface area contributed by atoms with Crippen molar-refractivity contribution < 1.29 is 18.7 Å². The van der Waals surface area contributed by atoms with Crippen LogP contribution in [0.25, 0.3) is 38.6 Å². The summed E-state index contributed by atoms with van der Waals surface area (Å²) in [5, 5.41) is 4.84. The lowest BCUT2D eigenvalue weighted by Crippen LogP contribution is -2.10. The highest BCUT2D eigenvalue weighted by Crippen LogP contribution is 2.42. The Morgan fingerprint density at radius 2 is 1.70 bits per heavy atom. The molecule has 0 aliphatic rings. The first kappa shape index (κ1) is 24.1. The summed E-state index contributed by atoms with van der Waals surface area (Å²) < 4.78 is 17.3. The molecule has 0 atom stereocenters. The number of rotatable bonds is 6. The van der Waals surface area contributed by atoms with E-state index in [9.17, 15) is 4.79 Å². The Hall–Kier alpha value is -4.58. The fraction of sp³-hybridized carbons (Fsp3) is 0.161. The average Bonchev–Trinajstić information content (AvgIpc) is 3.32. The van der Waals surface area contributed by atoms with Gasteiger partial charge in [-0.3, -0.25) is 9.78 Å². The molecule has 186 valence electrons. The maximum absolute atomic E-state index is 13.1. The van der Waals surface area contributed by atoms with Crippen LogP contribution in [0.3, 0.4) is 0 Å². The molecule has 2 heterocycles. The number of furan rings is 1. The van der Waals surface area contributed by atoms with Gasteiger partial charge in [0.1, 0.15) is 17.1 Å². The molecule has 6 heteroatoms. The summed E-state index contributed by atoms with van der Waals surface area (Å²) in [5.41, 5.74) is 7.42. The lowest BCUT2D eigenvalue weighted by Gasteiger charge is -2.14. The molecular weight excluding hydrogens is 464 g/mol. The zero-order valence-corrected chi connectivity index (χ0v) is 21.5. The molecule has 0 bridgehead atoms. The first-order valence-corrected chi connectivity index (χ1v) is 12.0. The highest BCUT2D eigenvalue weighted by Gasteiger charge is 2.20. The predicted octanol–water partition coefficient (Wildman–Crippen LogP) is 7.32. The molecule has 5 aromatic rings. The van der Waals surface area contributed by atoms with E-state index < -0.39 is 0 Å². The topological polar surface area (TPSA) is 73.6 Å². The van der Waals surface area contributed by atoms with Gasteiger partial charge in [0.2, 0.25) is 5.91 Å². The number of anilines is 1. The zero-order valence-electron chi connectivity index (χ0n) is 21.5. The lowest BCUT2D eigenvalue weighted by atomic mass is 9.96. The van der Waals surface area contributed by atoms with Crippen LogP contribution in [0.2, 0.25) is 0 Å². The molecular formula is C31H28N2O4. The summed E-state index contributed by atoms with van der Waals surface area (Å²) in [5.74, 6) is 1.19. The number of nitrogens with one attached hydrogen (secondary N) is 1. The van der Waals surface area contributed by atoms with Crippen LogP contribution in [0.5, 0.6) is 11.5 Å². The Morgan fingerprint density at radius 3 is 2.49 bits per heavy atom. The number of methoxy groups -OCH3 is 2. The van der Waals surface area contributed by atoms with Gasteiger partial charge in [0.25, 0.3) is 0 Å². The number of carbonyl (C=O) groups is 1. The van der Waals surface area contributed by atoms with Gasteiger partial charge in [-0.2, -0.15) is 0 Å². The van der Waals surface area contributed by atoms with Crippen LogP contribution in [0.15, 0.2) is 77.4 Å². The average molecular weight is 493 g/mol. The molecule has 3 aromatic carbocycles. The minimum absolute atomic E-state index is 0.231. The molecule has 0 aliphatic carbocycles. The van der Waals surface area contributed by atoms with E-state index in [-0.39, 0.29) is 5.91 Å². The Labute approximate surface area is 215 Å². The Bertz CT molecular complexity index is 1680. The summed E-state index contributed by atoms with van der Waals surface area (Å²) in [7, 11) is 3.28. The van der Waals surface area contributed by atoms with Crippen LogP contribution in [0.4, 0.5) is 5.69 Å². The number of amides is 1. The Balaban J connectivity index is 1.57. The van der Waals surface area contributed by atoms with E-state index in [1.54, 1.807) is 26.6 Å². The molecule has 0 saturated heterocycles. The third kappa shape index (κ3) is 4.42. The van der Waals surface area contributed by atoms with Crippen molar-refractivity contribution in [3.05, 3.63) is 89.8 Å². The van der Waals surface area contributed by atoms with Gasteiger partial charge in [-0.1, -0.05) is 36.4 Å². The van der Waals surface area contributed by atoms with E-state index in [1.165, 1.54) is 0 Å². The molecule has 0 saturated carbocycles. The SMILES string of the molecule is COc1ccccc1-c1coc2c(C)c(OC)c(/C(C)=C/C(=O)Nc3cc(C)nc4ccccc34)cc12. The van der Waals surface area contributed by atoms with Crippen LogP contribution in [-0.4, -0.2) is 25.1 Å². The third-order valence-electron chi connectivity index (χ3n) is 6.52. The van der Waals surface area contributed by atoms with Crippen molar-refractivity contribution in [1.82, 2.24) is 4.98 Å². The Kier molecular flexibility index (Phi) is 6.40. The highest BCUT2D eigenvalue weighted by atomic mass is 16.5. The van der Waals surface area contributed by atoms with Crippen molar-refractivity contribution in [2.45, 2.75) is 20.8 Å². The van der Waals surface area contributed by atoms with Crippen LogP contribution in [0.1, 0.15) is 23.7 Å². The van der Waals surface area contributed by atoms with Crippen molar-refractivity contribution in [1.29, 1.82) is 0 Å². The van der Waals surface area contributed by atoms with E-state index in [0.29, 0.717) is 5.75 Å². The third-order valence-corrected chi connectivity index (χ3v) is 6.52. The van der Waals surface area contributed by atoms with E-state index in [0.717, 1.165) is 66.8 Å². The van der Waals surface area contributed by atoms with Crippen LogP contribution in [0, 0.1) is 13.8 Å². The van der Waals surface area contributed by atoms with Gasteiger partial charge in [0, 0.05) is 44.8 Å². The molecule has 0 aliphatic heterocycles. The van der Waals surface area contributed by atoms with Gasteiger partial charge in [0.05, 0.1) is 31.7 Å². The monoisotopic (exact) mass is 492 g/mol. The molecule has 0 radical (unpaired) electrons. The molecule has 6 nitrogen and oxygen atoms in total. The lowest BCUT2D eigenvalue weighted by molar-refractivity contribution is -0.111. The number of carbonyl (C=O) groups excluding carboxylic acids is 1. The number of para-hydroxylation sites is 2. The van der Waals surface area contributed by atoms with E-state index >= 15 is 0 Å². The molecule has 37 heavy (non-hydrogen) atoms. The maximum atomic E-state index is 13.1. The summed E-state index contributed by atoms with van der Waals surface area (Å²) in [6.45, 7) is 5.77. The molecule has 0 unspecified atom stereocenters. The standard InChI is InChI=1S/C31H28N2O4/c1-18(14-29(34)33-27-15-19(2)32-26-12-8-6-11-22(26)27)23-16-24-25(21-10-7-9-13-28(21)35-4)17-37-31(24)20(3)30(23)36-5/h6-17H,1-5H3,(H,32,33,34)/b18-14+. The van der Waals surface area contributed by atoms with Gasteiger partial charge >= 0.3 is 0 Å². The smallest absolute Gasteiger partial charge is 0.248 e. The fourth-order valence-electron chi connectivity index (χ4n) is 4.80. The zero-order chi connectivity index (χ0) is 26.1. The maximum Gasteiger partial charge on any atom is 0.248 e.